The number of rotatable bonds is 6. The largest absolute Gasteiger partial charge is 0.674 e. The highest BCUT2D eigenvalue weighted by Gasteiger charge is 2.38. The first-order valence-electron chi connectivity index (χ1n) is 4.10. The Morgan fingerprint density at radius 3 is 2.31 bits per heavy atom. The highest BCUT2D eigenvalue weighted by molar-refractivity contribution is 6.50. The van der Waals surface area contributed by atoms with Crippen LogP contribution < -0.4 is 11.5 Å². The second-order valence-electron chi connectivity index (χ2n) is 2.72. The molecule has 6 nitrogen and oxygen atoms in total. The maximum Gasteiger partial charge on any atom is 0.674 e. The number of hydrogen-bond acceptors (Lipinski definition) is 6. The van der Waals surface area contributed by atoms with E-state index in [-0.39, 0.29) is 6.54 Å². The fourth-order valence-corrected chi connectivity index (χ4v) is 1.70. The molecule has 0 aromatic carbocycles. The maximum atomic E-state index is 9.12. The SMILES string of the molecule is CCC(O[Si](O)(O)OC)C(N)CN. The molecule has 0 rings (SSSR count). The summed E-state index contributed by atoms with van der Waals surface area (Å²) in [5.41, 5.74) is 10.9. The number of nitrogens with two attached hydrogens (primary N) is 2. The van der Waals surface area contributed by atoms with Crippen molar-refractivity contribution in [3.05, 3.63) is 0 Å². The predicted molar refractivity (Wildman–Crippen MR) is 49.4 cm³/mol. The van der Waals surface area contributed by atoms with E-state index in [1.807, 2.05) is 6.92 Å². The van der Waals surface area contributed by atoms with Crippen LogP contribution in [0.15, 0.2) is 0 Å². The van der Waals surface area contributed by atoms with Gasteiger partial charge in [0.1, 0.15) is 0 Å². The van der Waals surface area contributed by atoms with Crippen molar-refractivity contribution in [2.45, 2.75) is 25.5 Å². The van der Waals surface area contributed by atoms with Gasteiger partial charge in [0.15, 0.2) is 0 Å². The first-order valence-corrected chi connectivity index (χ1v) is 5.81. The van der Waals surface area contributed by atoms with Gasteiger partial charge < -0.3 is 29.9 Å². The first-order chi connectivity index (χ1) is 5.96. The fourth-order valence-electron chi connectivity index (χ4n) is 0.871. The summed E-state index contributed by atoms with van der Waals surface area (Å²) < 4.78 is 9.31. The van der Waals surface area contributed by atoms with E-state index in [4.69, 9.17) is 25.5 Å². The van der Waals surface area contributed by atoms with Gasteiger partial charge in [0, 0.05) is 19.7 Å². The molecule has 13 heavy (non-hydrogen) atoms. The Kier molecular flexibility index (Phi) is 5.64. The van der Waals surface area contributed by atoms with Crippen LogP contribution in [0.1, 0.15) is 13.3 Å². The molecule has 0 aromatic heterocycles. The molecule has 80 valence electrons. The zero-order chi connectivity index (χ0) is 10.5. The molecular formula is C6H18N2O4Si. The minimum absolute atomic E-state index is 0.229. The molecule has 0 aromatic rings. The molecule has 0 aliphatic rings. The normalized spacial score (nSPS) is 17.1. The van der Waals surface area contributed by atoms with E-state index in [1.54, 1.807) is 0 Å². The van der Waals surface area contributed by atoms with Gasteiger partial charge >= 0.3 is 9.05 Å². The van der Waals surface area contributed by atoms with E-state index in [9.17, 15) is 0 Å². The molecule has 0 bridgehead atoms. The Labute approximate surface area is 78.9 Å². The van der Waals surface area contributed by atoms with E-state index in [0.717, 1.165) is 0 Å². The van der Waals surface area contributed by atoms with Crippen molar-refractivity contribution in [3.8, 4) is 0 Å². The number of hydrogen-bond donors (Lipinski definition) is 4. The lowest BCUT2D eigenvalue weighted by Crippen LogP contribution is -2.52. The van der Waals surface area contributed by atoms with Gasteiger partial charge in [-0.05, 0) is 6.42 Å². The van der Waals surface area contributed by atoms with Gasteiger partial charge in [0.05, 0.1) is 6.10 Å². The van der Waals surface area contributed by atoms with E-state index >= 15 is 0 Å². The lowest BCUT2D eigenvalue weighted by atomic mass is 10.1. The summed E-state index contributed by atoms with van der Waals surface area (Å²) in [5, 5.41) is 0. The monoisotopic (exact) mass is 210 g/mol. The zero-order valence-corrected chi connectivity index (χ0v) is 8.93. The topological polar surface area (TPSA) is 111 Å². The molecular weight excluding hydrogens is 192 g/mol. The summed E-state index contributed by atoms with van der Waals surface area (Å²) in [4.78, 5) is 18.2. The molecule has 0 amide bonds. The molecule has 6 N–H and O–H groups in total. The molecule has 0 radical (unpaired) electrons. The molecule has 0 aliphatic carbocycles. The molecule has 0 heterocycles. The van der Waals surface area contributed by atoms with Gasteiger partial charge in [0.25, 0.3) is 0 Å². The van der Waals surface area contributed by atoms with Crippen molar-refractivity contribution in [2.75, 3.05) is 13.7 Å². The van der Waals surface area contributed by atoms with Crippen LogP contribution >= 0.6 is 0 Å². The van der Waals surface area contributed by atoms with Crippen molar-refractivity contribution in [1.29, 1.82) is 0 Å². The summed E-state index contributed by atoms with van der Waals surface area (Å²) in [6, 6.07) is -0.411. The van der Waals surface area contributed by atoms with Crippen molar-refractivity contribution >= 4 is 9.05 Å². The van der Waals surface area contributed by atoms with Crippen LogP contribution in [-0.4, -0.2) is 44.4 Å². The van der Waals surface area contributed by atoms with E-state index < -0.39 is 21.2 Å². The van der Waals surface area contributed by atoms with Gasteiger partial charge in [-0.2, -0.15) is 0 Å². The summed E-state index contributed by atoms with van der Waals surface area (Å²) in [6.07, 6.45) is 0.0732. The molecule has 7 heteroatoms. The minimum atomic E-state index is -3.98. The van der Waals surface area contributed by atoms with E-state index in [1.165, 1.54) is 7.11 Å². The Balaban J connectivity index is 4.11. The van der Waals surface area contributed by atoms with Crippen molar-refractivity contribution in [3.63, 3.8) is 0 Å². The Bertz CT molecular complexity index is 147. The minimum Gasteiger partial charge on any atom is -0.367 e. The van der Waals surface area contributed by atoms with Crippen LogP contribution in [0.3, 0.4) is 0 Å². The van der Waals surface area contributed by atoms with Crippen molar-refractivity contribution in [2.24, 2.45) is 11.5 Å². The van der Waals surface area contributed by atoms with Gasteiger partial charge in [-0.25, -0.2) is 0 Å². The van der Waals surface area contributed by atoms with E-state index in [2.05, 4.69) is 4.43 Å². The average molecular weight is 210 g/mol. The molecule has 2 atom stereocenters. The van der Waals surface area contributed by atoms with Crippen LogP contribution in [0.5, 0.6) is 0 Å². The summed E-state index contributed by atoms with van der Waals surface area (Å²) in [7, 11) is -2.80. The third-order valence-corrected chi connectivity index (χ3v) is 2.86. The maximum absolute atomic E-state index is 9.12. The fraction of sp³-hybridized carbons (Fsp3) is 1.00. The predicted octanol–water partition coefficient (Wildman–Crippen LogP) is -1.87. The first kappa shape index (κ1) is 13.0. The third kappa shape index (κ3) is 4.67. The Hall–Kier alpha value is -0.0231. The summed E-state index contributed by atoms with van der Waals surface area (Å²) in [6.45, 7) is 2.05. The zero-order valence-electron chi connectivity index (χ0n) is 7.93. The Morgan fingerprint density at radius 2 is 2.00 bits per heavy atom. The standard InChI is InChI=1S/C6H18N2O4Si/c1-3-6(5(8)4-7)12-13(9,10)11-2/h5-6,9-10H,3-4,7-8H2,1-2H3. The molecule has 0 fully saturated rings. The van der Waals surface area contributed by atoms with Gasteiger partial charge in [0.2, 0.25) is 0 Å². The Morgan fingerprint density at radius 1 is 1.46 bits per heavy atom. The van der Waals surface area contributed by atoms with Gasteiger partial charge in [-0.15, -0.1) is 0 Å². The van der Waals surface area contributed by atoms with Crippen molar-refractivity contribution in [1.82, 2.24) is 0 Å². The van der Waals surface area contributed by atoms with Gasteiger partial charge in [-0.1, -0.05) is 6.92 Å². The second kappa shape index (κ2) is 5.65. The molecule has 2 unspecified atom stereocenters. The molecule has 0 spiro atoms. The highest BCUT2D eigenvalue weighted by Crippen LogP contribution is 2.08. The smallest absolute Gasteiger partial charge is 0.367 e. The lowest BCUT2D eigenvalue weighted by molar-refractivity contribution is -0.00220. The highest BCUT2D eigenvalue weighted by atomic mass is 28.4. The van der Waals surface area contributed by atoms with Crippen LogP contribution in [-0.2, 0) is 8.85 Å². The van der Waals surface area contributed by atoms with Crippen LogP contribution in [0.4, 0.5) is 0 Å². The molecule has 0 saturated carbocycles. The van der Waals surface area contributed by atoms with Crippen molar-refractivity contribution < 1.29 is 18.4 Å². The second-order valence-corrected chi connectivity index (χ2v) is 4.46. The molecule has 0 saturated heterocycles. The quantitative estimate of drug-likeness (QED) is 0.382. The summed E-state index contributed by atoms with van der Waals surface area (Å²) in [5.74, 6) is 0. The van der Waals surface area contributed by atoms with E-state index in [0.29, 0.717) is 6.42 Å². The summed E-state index contributed by atoms with van der Waals surface area (Å²) >= 11 is 0. The molecule has 0 aliphatic heterocycles. The lowest BCUT2D eigenvalue weighted by Gasteiger charge is -2.26. The van der Waals surface area contributed by atoms with Crippen LogP contribution in [0.25, 0.3) is 0 Å². The third-order valence-electron chi connectivity index (χ3n) is 1.72. The van der Waals surface area contributed by atoms with Gasteiger partial charge in [-0.3, -0.25) is 0 Å². The average Bonchev–Trinajstić information content (AvgIpc) is 2.13. The van der Waals surface area contributed by atoms with Crippen LogP contribution in [0.2, 0.25) is 0 Å². The van der Waals surface area contributed by atoms with Crippen LogP contribution in [0, 0.1) is 0 Å².